The Kier molecular flexibility index (Phi) is 6.01. The molecule has 0 aromatic heterocycles. The molecule has 166 valence electrons. The number of esters is 1. The molecule has 3 aromatic carbocycles. The minimum absolute atomic E-state index is 0.00654. The lowest BCUT2D eigenvalue weighted by atomic mass is 9.83. The predicted octanol–water partition coefficient (Wildman–Crippen LogP) is 4.73. The third kappa shape index (κ3) is 4.65. The second-order valence-electron chi connectivity index (χ2n) is 7.67. The zero-order valence-electron chi connectivity index (χ0n) is 18.0. The van der Waals surface area contributed by atoms with Crippen molar-refractivity contribution in [1.29, 1.82) is 5.26 Å². The van der Waals surface area contributed by atoms with Crippen molar-refractivity contribution in [1.82, 2.24) is 0 Å². The molecule has 0 fully saturated rings. The Bertz CT molecular complexity index is 1260. The van der Waals surface area contributed by atoms with Gasteiger partial charge in [-0.25, -0.2) is 9.18 Å². The second kappa shape index (κ2) is 9.05. The van der Waals surface area contributed by atoms with Gasteiger partial charge >= 0.3 is 5.97 Å². The van der Waals surface area contributed by atoms with Crippen LogP contribution in [0.4, 0.5) is 4.39 Å². The summed E-state index contributed by atoms with van der Waals surface area (Å²) in [6.07, 6.45) is -0.928. The number of carbonyl (C=O) groups excluding carboxylic acids is 1. The van der Waals surface area contributed by atoms with Crippen LogP contribution in [0.3, 0.4) is 0 Å². The van der Waals surface area contributed by atoms with Crippen LogP contribution < -0.4 is 19.9 Å². The summed E-state index contributed by atoms with van der Waals surface area (Å²) >= 11 is 0. The Morgan fingerprint density at radius 2 is 1.76 bits per heavy atom. The van der Waals surface area contributed by atoms with E-state index >= 15 is 0 Å². The van der Waals surface area contributed by atoms with Gasteiger partial charge in [0.05, 0.1) is 5.92 Å². The molecular weight excluding hydrogens is 423 g/mol. The molecule has 7 heteroatoms. The van der Waals surface area contributed by atoms with Crippen molar-refractivity contribution in [3.8, 4) is 23.3 Å². The lowest BCUT2D eigenvalue weighted by Gasteiger charge is -2.27. The molecule has 2 atom stereocenters. The fourth-order valence-corrected chi connectivity index (χ4v) is 3.57. The number of hydrogen-bond acceptors (Lipinski definition) is 6. The van der Waals surface area contributed by atoms with Crippen molar-refractivity contribution in [2.45, 2.75) is 25.9 Å². The number of carbonyl (C=O) groups is 1. The van der Waals surface area contributed by atoms with Crippen molar-refractivity contribution in [3.05, 3.63) is 101 Å². The molecule has 3 aromatic rings. The molecule has 0 spiro atoms. The summed E-state index contributed by atoms with van der Waals surface area (Å²) in [5.74, 6) is -0.442. The molecule has 1 aliphatic heterocycles. The summed E-state index contributed by atoms with van der Waals surface area (Å²) in [4.78, 5) is 12.5. The van der Waals surface area contributed by atoms with Gasteiger partial charge in [0.2, 0.25) is 5.88 Å². The highest BCUT2D eigenvalue weighted by molar-refractivity contribution is 5.77. The standard InChI is InChI=1S/C26H21FN2O4/c1-15-3-5-17(6-4-15)24-21-12-11-20(13-23(21)33-25(29)22(24)14-28)32-26(30)16(2)31-19-9-7-18(27)8-10-19/h3-13,16,24H,29H2,1-2H3. The fraction of sp³-hybridized carbons (Fsp3) is 0.154. The maximum Gasteiger partial charge on any atom is 0.352 e. The van der Waals surface area contributed by atoms with Crippen LogP contribution >= 0.6 is 0 Å². The molecule has 0 aliphatic carbocycles. The normalized spacial score (nSPS) is 15.6. The molecule has 2 unspecified atom stereocenters. The van der Waals surface area contributed by atoms with Crippen molar-refractivity contribution in [2.24, 2.45) is 5.73 Å². The van der Waals surface area contributed by atoms with E-state index < -0.39 is 23.8 Å². The number of aryl methyl sites for hydroxylation is 1. The highest BCUT2D eigenvalue weighted by atomic mass is 19.1. The molecule has 0 saturated carbocycles. The van der Waals surface area contributed by atoms with Gasteiger partial charge in [0, 0.05) is 11.6 Å². The monoisotopic (exact) mass is 444 g/mol. The minimum atomic E-state index is -0.928. The zero-order valence-corrected chi connectivity index (χ0v) is 18.0. The van der Waals surface area contributed by atoms with Gasteiger partial charge in [-0.1, -0.05) is 35.9 Å². The summed E-state index contributed by atoms with van der Waals surface area (Å²) in [5, 5.41) is 9.67. The summed E-state index contributed by atoms with van der Waals surface area (Å²) in [6, 6.07) is 20.3. The number of allylic oxidation sites excluding steroid dienone is 1. The van der Waals surface area contributed by atoms with Gasteiger partial charge in [-0.15, -0.1) is 0 Å². The van der Waals surface area contributed by atoms with E-state index in [2.05, 4.69) is 6.07 Å². The summed E-state index contributed by atoms with van der Waals surface area (Å²) in [7, 11) is 0. The minimum Gasteiger partial charge on any atom is -0.479 e. The third-order valence-electron chi connectivity index (χ3n) is 5.28. The van der Waals surface area contributed by atoms with Crippen molar-refractivity contribution >= 4 is 5.97 Å². The van der Waals surface area contributed by atoms with Gasteiger partial charge in [0.15, 0.2) is 6.10 Å². The number of benzene rings is 3. The van der Waals surface area contributed by atoms with E-state index in [4.69, 9.17) is 19.9 Å². The van der Waals surface area contributed by atoms with Crippen LogP contribution in [-0.4, -0.2) is 12.1 Å². The van der Waals surface area contributed by atoms with Gasteiger partial charge in [-0.05, 0) is 49.7 Å². The van der Waals surface area contributed by atoms with E-state index in [0.717, 1.165) is 16.7 Å². The molecule has 0 radical (unpaired) electrons. The SMILES string of the molecule is Cc1ccc(C2C(C#N)=C(N)Oc3cc(OC(=O)C(C)Oc4ccc(F)cc4)ccc32)cc1. The van der Waals surface area contributed by atoms with E-state index in [9.17, 15) is 14.4 Å². The fourth-order valence-electron chi connectivity index (χ4n) is 3.57. The largest absolute Gasteiger partial charge is 0.479 e. The average Bonchev–Trinajstić information content (AvgIpc) is 2.80. The van der Waals surface area contributed by atoms with Crippen molar-refractivity contribution < 1.29 is 23.4 Å². The molecule has 0 bridgehead atoms. The average molecular weight is 444 g/mol. The lowest BCUT2D eigenvalue weighted by molar-refractivity contribution is -0.141. The molecule has 0 amide bonds. The second-order valence-corrected chi connectivity index (χ2v) is 7.67. The first-order valence-corrected chi connectivity index (χ1v) is 10.3. The molecule has 2 N–H and O–H groups in total. The van der Waals surface area contributed by atoms with Crippen LogP contribution in [0, 0.1) is 24.1 Å². The number of nitrogens with zero attached hydrogens (tertiary/aromatic N) is 1. The summed E-state index contributed by atoms with van der Waals surface area (Å²) < 4.78 is 29.7. The van der Waals surface area contributed by atoms with Crippen molar-refractivity contribution in [2.75, 3.05) is 0 Å². The number of halogens is 1. The Hall–Kier alpha value is -4.31. The first kappa shape index (κ1) is 21.9. The van der Waals surface area contributed by atoms with Gasteiger partial charge < -0.3 is 19.9 Å². The van der Waals surface area contributed by atoms with Crippen LogP contribution in [0.25, 0.3) is 0 Å². The Morgan fingerprint density at radius 1 is 1.09 bits per heavy atom. The van der Waals surface area contributed by atoms with E-state index in [0.29, 0.717) is 17.1 Å². The molecule has 4 rings (SSSR count). The van der Waals surface area contributed by atoms with Crippen LogP contribution in [0.5, 0.6) is 17.2 Å². The maximum atomic E-state index is 13.0. The van der Waals surface area contributed by atoms with Gasteiger partial charge in [-0.3, -0.25) is 0 Å². The summed E-state index contributed by atoms with van der Waals surface area (Å²) in [5.41, 5.74) is 9.09. The molecular formula is C26H21FN2O4. The van der Waals surface area contributed by atoms with Gasteiger partial charge in [0.25, 0.3) is 0 Å². The highest BCUT2D eigenvalue weighted by Gasteiger charge is 2.31. The molecule has 33 heavy (non-hydrogen) atoms. The van der Waals surface area contributed by atoms with Crippen LogP contribution in [0.1, 0.15) is 29.5 Å². The summed E-state index contributed by atoms with van der Waals surface area (Å²) in [6.45, 7) is 3.52. The quantitative estimate of drug-likeness (QED) is 0.452. The van der Waals surface area contributed by atoms with Crippen LogP contribution in [0.2, 0.25) is 0 Å². The molecule has 1 heterocycles. The number of hydrogen-bond donors (Lipinski definition) is 1. The number of nitrogens with two attached hydrogens (primary N) is 1. The molecule has 0 saturated heterocycles. The van der Waals surface area contributed by atoms with Crippen LogP contribution in [0.15, 0.2) is 78.2 Å². The highest BCUT2D eigenvalue weighted by Crippen LogP contribution is 2.43. The zero-order chi connectivity index (χ0) is 23.5. The first-order chi connectivity index (χ1) is 15.9. The Morgan fingerprint density at radius 3 is 2.42 bits per heavy atom. The third-order valence-corrected chi connectivity index (χ3v) is 5.28. The number of fused-ring (bicyclic) bond motifs is 1. The number of ether oxygens (including phenoxy) is 3. The molecule has 1 aliphatic rings. The predicted molar refractivity (Wildman–Crippen MR) is 119 cm³/mol. The smallest absolute Gasteiger partial charge is 0.352 e. The Balaban J connectivity index is 1.56. The van der Waals surface area contributed by atoms with E-state index in [1.54, 1.807) is 18.2 Å². The number of rotatable bonds is 5. The van der Waals surface area contributed by atoms with E-state index in [1.165, 1.54) is 31.2 Å². The number of nitriles is 1. The Labute approximate surface area is 190 Å². The maximum absolute atomic E-state index is 13.0. The van der Waals surface area contributed by atoms with Gasteiger partial charge in [0.1, 0.15) is 34.7 Å². The first-order valence-electron chi connectivity index (χ1n) is 10.3. The van der Waals surface area contributed by atoms with Crippen molar-refractivity contribution in [3.63, 3.8) is 0 Å². The van der Waals surface area contributed by atoms with Gasteiger partial charge in [-0.2, -0.15) is 5.26 Å². The molecule has 6 nitrogen and oxygen atoms in total. The van der Waals surface area contributed by atoms with Crippen LogP contribution in [-0.2, 0) is 4.79 Å². The van der Waals surface area contributed by atoms with E-state index in [1.807, 2.05) is 31.2 Å². The van der Waals surface area contributed by atoms with E-state index in [-0.39, 0.29) is 11.6 Å². The topological polar surface area (TPSA) is 94.6 Å². The lowest BCUT2D eigenvalue weighted by Crippen LogP contribution is -2.28.